The van der Waals surface area contributed by atoms with Crippen molar-refractivity contribution in [1.82, 2.24) is 10.2 Å². The molecule has 0 aliphatic carbocycles. The summed E-state index contributed by atoms with van der Waals surface area (Å²) < 4.78 is 0. The zero-order valence-corrected chi connectivity index (χ0v) is 12.8. The summed E-state index contributed by atoms with van der Waals surface area (Å²) >= 11 is 5.93. The van der Waals surface area contributed by atoms with Crippen molar-refractivity contribution in [2.45, 2.75) is 44.7 Å². The van der Waals surface area contributed by atoms with Crippen LogP contribution in [0.5, 0.6) is 0 Å². The van der Waals surface area contributed by atoms with Crippen LogP contribution >= 0.6 is 11.6 Å². The van der Waals surface area contributed by atoms with Gasteiger partial charge in [-0.25, -0.2) is 0 Å². The summed E-state index contributed by atoms with van der Waals surface area (Å²) in [5.41, 5.74) is 1.67. The van der Waals surface area contributed by atoms with E-state index < -0.39 is 0 Å². The maximum absolute atomic E-state index is 5.93. The molecule has 0 bridgehead atoms. The maximum Gasteiger partial charge on any atom is 0.0406 e. The third-order valence-corrected chi connectivity index (χ3v) is 4.25. The zero-order chi connectivity index (χ0) is 13.7. The van der Waals surface area contributed by atoms with Gasteiger partial charge in [-0.15, -0.1) is 0 Å². The van der Waals surface area contributed by atoms with E-state index in [-0.39, 0.29) is 0 Å². The van der Waals surface area contributed by atoms with Gasteiger partial charge in [0.2, 0.25) is 0 Å². The third kappa shape index (κ3) is 4.20. The first-order valence-electron chi connectivity index (χ1n) is 7.31. The molecule has 3 heteroatoms. The minimum atomic E-state index is 0.343. The Kier molecular flexibility index (Phi) is 5.26. The van der Waals surface area contributed by atoms with Gasteiger partial charge in [-0.05, 0) is 50.6 Å². The van der Waals surface area contributed by atoms with Crippen LogP contribution in [0.3, 0.4) is 0 Å². The molecular formula is C16H25ClN2. The van der Waals surface area contributed by atoms with Crippen molar-refractivity contribution in [3.05, 3.63) is 34.9 Å². The molecule has 0 saturated carbocycles. The highest BCUT2D eigenvalue weighted by atomic mass is 35.5. The second kappa shape index (κ2) is 6.74. The van der Waals surface area contributed by atoms with Gasteiger partial charge in [-0.1, -0.05) is 37.1 Å². The van der Waals surface area contributed by atoms with E-state index >= 15 is 0 Å². The number of rotatable bonds is 6. The van der Waals surface area contributed by atoms with Crippen molar-refractivity contribution in [1.29, 1.82) is 0 Å². The van der Waals surface area contributed by atoms with E-state index in [2.05, 4.69) is 36.3 Å². The molecule has 1 unspecified atom stereocenters. The van der Waals surface area contributed by atoms with Gasteiger partial charge in [0, 0.05) is 23.7 Å². The van der Waals surface area contributed by atoms with Crippen LogP contribution in [0.2, 0.25) is 5.02 Å². The highest BCUT2D eigenvalue weighted by molar-refractivity contribution is 6.30. The van der Waals surface area contributed by atoms with Crippen LogP contribution in [0.4, 0.5) is 0 Å². The molecule has 1 atom stereocenters. The lowest BCUT2D eigenvalue weighted by Gasteiger charge is -2.34. The van der Waals surface area contributed by atoms with E-state index in [0.717, 1.165) is 18.1 Å². The second-order valence-electron chi connectivity index (χ2n) is 5.86. The number of halogens is 1. The Bertz CT molecular complexity index is 382. The van der Waals surface area contributed by atoms with Gasteiger partial charge in [-0.2, -0.15) is 0 Å². The Labute approximate surface area is 122 Å². The molecule has 0 spiro atoms. The van der Waals surface area contributed by atoms with Crippen molar-refractivity contribution < 1.29 is 0 Å². The van der Waals surface area contributed by atoms with Gasteiger partial charge in [-0.3, -0.25) is 0 Å². The van der Waals surface area contributed by atoms with Gasteiger partial charge in [0.25, 0.3) is 0 Å². The fourth-order valence-electron chi connectivity index (χ4n) is 3.25. The predicted octanol–water partition coefficient (Wildman–Crippen LogP) is 3.69. The van der Waals surface area contributed by atoms with Crippen LogP contribution < -0.4 is 5.32 Å². The Morgan fingerprint density at radius 3 is 2.63 bits per heavy atom. The molecule has 0 aromatic heterocycles. The number of likely N-dealkylation sites (N-methyl/N-ethyl adjacent to an activating group) is 1. The van der Waals surface area contributed by atoms with E-state index in [4.69, 9.17) is 11.6 Å². The molecule has 106 valence electrons. The largest absolute Gasteiger partial charge is 0.310 e. The van der Waals surface area contributed by atoms with Crippen LogP contribution in [0.15, 0.2) is 24.3 Å². The minimum Gasteiger partial charge on any atom is -0.310 e. The van der Waals surface area contributed by atoms with Crippen LogP contribution in [0.1, 0.15) is 38.2 Å². The standard InChI is InChI=1S/C16H25ClN2/c1-3-9-16(10-4-11-18-16)13-19(2)12-14-5-7-15(17)8-6-14/h5-8,18H,3-4,9-13H2,1-2H3. The molecule has 1 aliphatic heterocycles. The fraction of sp³-hybridized carbons (Fsp3) is 0.625. The van der Waals surface area contributed by atoms with Gasteiger partial charge in [0.05, 0.1) is 0 Å². The average molecular weight is 281 g/mol. The van der Waals surface area contributed by atoms with Crippen LogP contribution in [0, 0.1) is 0 Å². The lowest BCUT2D eigenvalue weighted by molar-refractivity contribution is 0.207. The van der Waals surface area contributed by atoms with Gasteiger partial charge < -0.3 is 10.2 Å². The molecule has 1 N–H and O–H groups in total. The molecule has 1 saturated heterocycles. The first-order valence-corrected chi connectivity index (χ1v) is 7.69. The summed E-state index contributed by atoms with van der Waals surface area (Å²) in [5, 5.41) is 4.55. The molecule has 1 fully saturated rings. The lowest BCUT2D eigenvalue weighted by atomic mass is 9.91. The van der Waals surface area contributed by atoms with E-state index in [1.807, 2.05) is 12.1 Å². The third-order valence-electron chi connectivity index (χ3n) is 4.00. The molecule has 0 radical (unpaired) electrons. The lowest BCUT2D eigenvalue weighted by Crippen LogP contribution is -2.48. The van der Waals surface area contributed by atoms with Gasteiger partial charge in [0.1, 0.15) is 0 Å². The molecule has 0 amide bonds. The van der Waals surface area contributed by atoms with Crippen LogP contribution in [0.25, 0.3) is 0 Å². The molecule has 1 aromatic carbocycles. The van der Waals surface area contributed by atoms with Crippen molar-refractivity contribution >= 4 is 11.6 Å². The number of nitrogens with zero attached hydrogens (tertiary/aromatic N) is 1. The fourth-order valence-corrected chi connectivity index (χ4v) is 3.37. The van der Waals surface area contributed by atoms with Crippen LogP contribution in [-0.4, -0.2) is 30.6 Å². The van der Waals surface area contributed by atoms with Crippen molar-refractivity contribution in [2.24, 2.45) is 0 Å². The van der Waals surface area contributed by atoms with E-state index in [9.17, 15) is 0 Å². The summed E-state index contributed by atoms with van der Waals surface area (Å²) in [4.78, 5) is 2.43. The first-order chi connectivity index (χ1) is 9.13. The molecule has 1 heterocycles. The normalized spacial score (nSPS) is 23.2. The highest BCUT2D eigenvalue weighted by Gasteiger charge is 2.33. The smallest absolute Gasteiger partial charge is 0.0406 e. The Morgan fingerprint density at radius 1 is 1.32 bits per heavy atom. The molecule has 1 aromatic rings. The quantitative estimate of drug-likeness (QED) is 0.855. The number of benzene rings is 1. The van der Waals surface area contributed by atoms with E-state index in [1.165, 1.54) is 37.8 Å². The zero-order valence-electron chi connectivity index (χ0n) is 12.1. The summed E-state index contributed by atoms with van der Waals surface area (Å²) in [6, 6.07) is 8.18. The summed E-state index contributed by atoms with van der Waals surface area (Å²) in [6.07, 6.45) is 5.15. The second-order valence-corrected chi connectivity index (χ2v) is 6.30. The SMILES string of the molecule is CCCC1(CN(C)Cc2ccc(Cl)cc2)CCCN1. The Morgan fingerprint density at radius 2 is 2.05 bits per heavy atom. The average Bonchev–Trinajstić information content (AvgIpc) is 2.81. The highest BCUT2D eigenvalue weighted by Crippen LogP contribution is 2.26. The van der Waals surface area contributed by atoms with E-state index in [1.54, 1.807) is 0 Å². The maximum atomic E-state index is 5.93. The van der Waals surface area contributed by atoms with Gasteiger partial charge >= 0.3 is 0 Å². The summed E-state index contributed by atoms with van der Waals surface area (Å²) in [5.74, 6) is 0. The molecule has 2 rings (SSSR count). The number of hydrogen-bond acceptors (Lipinski definition) is 2. The topological polar surface area (TPSA) is 15.3 Å². The van der Waals surface area contributed by atoms with Gasteiger partial charge in [0.15, 0.2) is 0 Å². The first kappa shape index (κ1) is 14.8. The monoisotopic (exact) mass is 280 g/mol. The molecule has 2 nitrogen and oxygen atoms in total. The Balaban J connectivity index is 1.92. The molecule has 19 heavy (non-hydrogen) atoms. The summed E-state index contributed by atoms with van der Waals surface area (Å²) in [7, 11) is 2.21. The Hall–Kier alpha value is -0.570. The number of nitrogens with one attached hydrogen (secondary N) is 1. The van der Waals surface area contributed by atoms with Crippen LogP contribution in [-0.2, 0) is 6.54 Å². The minimum absolute atomic E-state index is 0.343. The number of hydrogen-bond donors (Lipinski definition) is 1. The van der Waals surface area contributed by atoms with Crippen molar-refractivity contribution in [3.8, 4) is 0 Å². The van der Waals surface area contributed by atoms with E-state index in [0.29, 0.717) is 5.54 Å². The predicted molar refractivity (Wildman–Crippen MR) is 82.7 cm³/mol. The van der Waals surface area contributed by atoms with Crippen molar-refractivity contribution in [2.75, 3.05) is 20.1 Å². The van der Waals surface area contributed by atoms with Crippen molar-refractivity contribution in [3.63, 3.8) is 0 Å². The summed E-state index contributed by atoms with van der Waals surface area (Å²) in [6.45, 7) is 5.57. The molecule has 1 aliphatic rings. The molecular weight excluding hydrogens is 256 g/mol.